The van der Waals surface area contributed by atoms with E-state index in [0.717, 1.165) is 0 Å². The Morgan fingerprint density at radius 2 is 1.86 bits per heavy atom. The van der Waals surface area contributed by atoms with E-state index in [1.165, 1.54) is 22.5 Å². The molecule has 8 nitrogen and oxygen atoms in total. The topological polar surface area (TPSA) is 96.0 Å². The second-order valence-electron chi connectivity index (χ2n) is 6.37. The zero-order valence-electron chi connectivity index (χ0n) is 16.3. The first-order valence-corrected chi connectivity index (χ1v) is 11.0. The summed E-state index contributed by atoms with van der Waals surface area (Å²) in [6, 6.07) is 3.32. The van der Waals surface area contributed by atoms with E-state index < -0.39 is 22.0 Å². The molecule has 1 saturated heterocycles. The van der Waals surface area contributed by atoms with Gasteiger partial charge in [-0.15, -0.1) is 0 Å². The van der Waals surface area contributed by atoms with E-state index in [2.05, 4.69) is 5.32 Å². The smallest absolute Gasteiger partial charge is 0.251 e. The van der Waals surface area contributed by atoms with Crippen LogP contribution in [0.15, 0.2) is 23.1 Å². The van der Waals surface area contributed by atoms with Crippen LogP contribution >= 0.6 is 11.6 Å². The van der Waals surface area contributed by atoms with Gasteiger partial charge < -0.3 is 15.0 Å². The molecule has 1 N–H and O–H groups in total. The first-order valence-electron chi connectivity index (χ1n) is 9.19. The molecule has 0 aromatic heterocycles. The van der Waals surface area contributed by atoms with Crippen molar-refractivity contribution in [1.82, 2.24) is 14.5 Å². The average molecular weight is 432 g/mol. The zero-order valence-corrected chi connectivity index (χ0v) is 17.8. The van der Waals surface area contributed by atoms with Gasteiger partial charge in [0.2, 0.25) is 15.9 Å². The van der Waals surface area contributed by atoms with Crippen molar-refractivity contribution in [1.29, 1.82) is 0 Å². The normalized spacial score (nSPS) is 16.4. The number of hydrogen-bond acceptors (Lipinski definition) is 5. The minimum absolute atomic E-state index is 0.0373. The molecule has 28 heavy (non-hydrogen) atoms. The third kappa shape index (κ3) is 5.02. The van der Waals surface area contributed by atoms with Gasteiger partial charge in [-0.2, -0.15) is 4.31 Å². The lowest BCUT2D eigenvalue weighted by Crippen LogP contribution is -2.46. The Hall–Kier alpha value is -1.68. The van der Waals surface area contributed by atoms with Gasteiger partial charge in [0.05, 0.1) is 18.2 Å². The molecule has 1 aliphatic heterocycles. The lowest BCUT2D eigenvalue weighted by atomic mass is 10.2. The molecule has 1 fully saturated rings. The van der Waals surface area contributed by atoms with Crippen LogP contribution in [0.4, 0.5) is 0 Å². The van der Waals surface area contributed by atoms with Crippen LogP contribution in [0.25, 0.3) is 0 Å². The van der Waals surface area contributed by atoms with E-state index in [4.69, 9.17) is 16.3 Å². The third-order valence-corrected chi connectivity index (χ3v) is 6.95. The Morgan fingerprint density at radius 3 is 2.43 bits per heavy atom. The van der Waals surface area contributed by atoms with Gasteiger partial charge in [-0.05, 0) is 39.0 Å². The number of benzene rings is 1. The van der Waals surface area contributed by atoms with Gasteiger partial charge in [0.25, 0.3) is 5.91 Å². The molecule has 2 amide bonds. The average Bonchev–Trinajstić information content (AvgIpc) is 2.69. The second-order valence-corrected chi connectivity index (χ2v) is 8.68. The van der Waals surface area contributed by atoms with Gasteiger partial charge in [-0.25, -0.2) is 8.42 Å². The molecule has 0 bridgehead atoms. The molecule has 156 valence electrons. The Balaban J connectivity index is 2.22. The van der Waals surface area contributed by atoms with E-state index >= 15 is 0 Å². The summed E-state index contributed by atoms with van der Waals surface area (Å²) in [5, 5.41) is 2.66. The van der Waals surface area contributed by atoms with Crippen molar-refractivity contribution in [3.05, 3.63) is 28.8 Å². The third-order valence-electron chi connectivity index (χ3n) is 4.57. The lowest BCUT2D eigenvalue weighted by Gasteiger charge is -2.26. The predicted octanol–water partition coefficient (Wildman–Crippen LogP) is 1.35. The minimum Gasteiger partial charge on any atom is -0.379 e. The highest BCUT2D eigenvalue weighted by Crippen LogP contribution is 2.26. The van der Waals surface area contributed by atoms with Crippen molar-refractivity contribution in [2.24, 2.45) is 0 Å². The van der Waals surface area contributed by atoms with Crippen LogP contribution in [-0.2, 0) is 19.6 Å². The molecule has 1 unspecified atom stereocenters. The fourth-order valence-corrected chi connectivity index (χ4v) is 4.83. The summed E-state index contributed by atoms with van der Waals surface area (Å²) in [6.07, 6.45) is 0. The first-order chi connectivity index (χ1) is 13.2. The van der Waals surface area contributed by atoms with Crippen LogP contribution in [0.1, 0.15) is 31.1 Å². The van der Waals surface area contributed by atoms with E-state index in [-0.39, 0.29) is 34.5 Å². The summed E-state index contributed by atoms with van der Waals surface area (Å²) in [5.41, 5.74) is 0.121. The number of halogens is 1. The van der Waals surface area contributed by atoms with Crippen molar-refractivity contribution in [3.63, 3.8) is 0 Å². The molecule has 1 atom stereocenters. The first kappa shape index (κ1) is 22.6. The molecule has 0 spiro atoms. The Bertz CT molecular complexity index is 821. The maximum absolute atomic E-state index is 12.9. The molecule has 0 radical (unpaired) electrons. The SMILES string of the molecule is CCN(CC)C(=O)C(C)NC(=O)c1ccc(Cl)c(S(=O)(=O)N2CCOCC2)c1. The van der Waals surface area contributed by atoms with Gasteiger partial charge in [0, 0.05) is 31.7 Å². The Kier molecular flexibility index (Phi) is 7.82. The summed E-state index contributed by atoms with van der Waals surface area (Å²) in [4.78, 5) is 26.4. The van der Waals surface area contributed by atoms with Crippen molar-refractivity contribution < 1.29 is 22.7 Å². The fourth-order valence-electron chi connectivity index (χ4n) is 2.92. The summed E-state index contributed by atoms with van der Waals surface area (Å²) >= 11 is 6.11. The number of likely N-dealkylation sites (N-methyl/N-ethyl adjacent to an activating group) is 1. The maximum Gasteiger partial charge on any atom is 0.251 e. The minimum atomic E-state index is -3.85. The number of amides is 2. The van der Waals surface area contributed by atoms with Crippen LogP contribution < -0.4 is 5.32 Å². The highest BCUT2D eigenvalue weighted by atomic mass is 35.5. The van der Waals surface area contributed by atoms with E-state index in [9.17, 15) is 18.0 Å². The van der Waals surface area contributed by atoms with Crippen molar-refractivity contribution in [2.45, 2.75) is 31.7 Å². The van der Waals surface area contributed by atoms with Crippen LogP contribution in [0.3, 0.4) is 0 Å². The number of hydrogen-bond donors (Lipinski definition) is 1. The maximum atomic E-state index is 12.9. The highest BCUT2D eigenvalue weighted by molar-refractivity contribution is 7.89. The zero-order chi connectivity index (χ0) is 20.9. The number of rotatable bonds is 7. The number of sulfonamides is 1. The molecule has 1 aliphatic rings. The van der Waals surface area contributed by atoms with Crippen LogP contribution in [0, 0.1) is 0 Å². The molecular weight excluding hydrogens is 406 g/mol. The summed E-state index contributed by atoms with van der Waals surface area (Å²) < 4.78 is 32.2. The molecule has 2 rings (SSSR count). The number of ether oxygens (including phenoxy) is 1. The van der Waals surface area contributed by atoms with Crippen molar-refractivity contribution in [3.8, 4) is 0 Å². The largest absolute Gasteiger partial charge is 0.379 e. The quantitative estimate of drug-likeness (QED) is 0.703. The number of morpholine rings is 1. The highest BCUT2D eigenvalue weighted by Gasteiger charge is 2.29. The van der Waals surface area contributed by atoms with Crippen molar-refractivity contribution >= 4 is 33.4 Å². The molecular formula is C18H26ClN3O5S. The van der Waals surface area contributed by atoms with Gasteiger partial charge in [-0.3, -0.25) is 9.59 Å². The van der Waals surface area contributed by atoms with Gasteiger partial charge in [0.1, 0.15) is 10.9 Å². The molecule has 1 aromatic rings. The monoisotopic (exact) mass is 431 g/mol. The van der Waals surface area contributed by atoms with E-state index in [0.29, 0.717) is 26.3 Å². The molecule has 10 heteroatoms. The molecule has 0 aliphatic carbocycles. The Labute approximate surface area is 170 Å². The second kappa shape index (κ2) is 9.69. The van der Waals surface area contributed by atoms with E-state index in [1.807, 2.05) is 13.8 Å². The molecule has 0 saturated carbocycles. The van der Waals surface area contributed by atoms with Gasteiger partial charge >= 0.3 is 0 Å². The molecule has 1 heterocycles. The summed E-state index contributed by atoms with van der Waals surface area (Å²) in [6.45, 7) is 7.46. The summed E-state index contributed by atoms with van der Waals surface area (Å²) in [7, 11) is -3.85. The standard InChI is InChI=1S/C18H26ClN3O5S/c1-4-21(5-2)18(24)13(3)20-17(23)14-6-7-15(19)16(12-14)28(25,26)22-8-10-27-11-9-22/h6-7,12-13H,4-5,8-11H2,1-3H3,(H,20,23). The lowest BCUT2D eigenvalue weighted by molar-refractivity contribution is -0.132. The number of carbonyl (C=O) groups excluding carboxylic acids is 2. The summed E-state index contributed by atoms with van der Waals surface area (Å²) in [5.74, 6) is -0.739. The Morgan fingerprint density at radius 1 is 1.25 bits per heavy atom. The van der Waals surface area contributed by atoms with Crippen LogP contribution in [0.2, 0.25) is 5.02 Å². The van der Waals surface area contributed by atoms with Crippen molar-refractivity contribution in [2.75, 3.05) is 39.4 Å². The fraction of sp³-hybridized carbons (Fsp3) is 0.556. The predicted molar refractivity (Wildman–Crippen MR) is 106 cm³/mol. The van der Waals surface area contributed by atoms with Crippen LogP contribution in [-0.4, -0.2) is 74.9 Å². The number of nitrogens with one attached hydrogen (secondary N) is 1. The molecule has 1 aromatic carbocycles. The van der Waals surface area contributed by atoms with Gasteiger partial charge in [0.15, 0.2) is 0 Å². The van der Waals surface area contributed by atoms with Crippen LogP contribution in [0.5, 0.6) is 0 Å². The number of nitrogens with zero attached hydrogens (tertiary/aromatic N) is 2. The number of carbonyl (C=O) groups is 2. The van der Waals surface area contributed by atoms with E-state index in [1.54, 1.807) is 11.8 Å². The van der Waals surface area contributed by atoms with Gasteiger partial charge in [-0.1, -0.05) is 11.6 Å².